The highest BCUT2D eigenvalue weighted by Gasteiger charge is 2.54. The van der Waals surface area contributed by atoms with Crippen LogP contribution >= 0.6 is 0 Å². The molecule has 1 fully saturated rings. The Hall–Kier alpha value is -3.16. The van der Waals surface area contributed by atoms with Crippen LogP contribution in [-0.2, 0) is 4.79 Å². The van der Waals surface area contributed by atoms with E-state index in [-0.39, 0.29) is 25.2 Å². The van der Waals surface area contributed by atoms with Crippen LogP contribution in [0.2, 0.25) is 0 Å². The quantitative estimate of drug-likeness (QED) is 0.803. The number of carbonyl (C=O) groups is 3. The van der Waals surface area contributed by atoms with Gasteiger partial charge in [0.2, 0.25) is 0 Å². The van der Waals surface area contributed by atoms with Crippen LogP contribution in [0.3, 0.4) is 0 Å². The third kappa shape index (κ3) is 2.29. The molecule has 2 aliphatic heterocycles. The van der Waals surface area contributed by atoms with Gasteiger partial charge in [0.05, 0.1) is 29.7 Å². The van der Waals surface area contributed by atoms with Gasteiger partial charge < -0.3 is 14.9 Å². The van der Waals surface area contributed by atoms with Crippen LogP contribution in [0.25, 0.3) is 10.9 Å². The molecule has 8 nitrogen and oxygen atoms in total. The molecule has 134 valence electrons. The molecule has 1 aromatic heterocycles. The van der Waals surface area contributed by atoms with Gasteiger partial charge in [0, 0.05) is 11.8 Å². The predicted octanol–water partition coefficient (Wildman–Crippen LogP) is 2.08. The lowest BCUT2D eigenvalue weighted by molar-refractivity contribution is -0.141. The first-order valence-electron chi connectivity index (χ1n) is 8.15. The van der Waals surface area contributed by atoms with Gasteiger partial charge in [0.1, 0.15) is 11.6 Å². The lowest BCUT2D eigenvalue weighted by atomic mass is 9.86. The molecular formula is C18H16N2O6. The highest BCUT2D eigenvalue weighted by atomic mass is 16.5. The van der Waals surface area contributed by atoms with Crippen LogP contribution in [0.5, 0.6) is 5.75 Å². The number of carbonyl (C=O) groups excluding carboxylic acids is 1. The van der Waals surface area contributed by atoms with Crippen molar-refractivity contribution in [1.29, 1.82) is 0 Å². The van der Waals surface area contributed by atoms with Crippen LogP contribution < -0.4 is 4.74 Å². The fraction of sp³-hybridized carbons (Fsp3) is 0.333. The van der Waals surface area contributed by atoms with Crippen molar-refractivity contribution in [2.75, 3.05) is 6.54 Å². The van der Waals surface area contributed by atoms with E-state index in [0.29, 0.717) is 27.9 Å². The number of rotatable bonds is 1. The zero-order valence-corrected chi connectivity index (χ0v) is 13.9. The molecule has 1 unspecified atom stereocenters. The summed E-state index contributed by atoms with van der Waals surface area (Å²) in [5, 5.41) is 19.3. The molecule has 2 aromatic rings. The van der Waals surface area contributed by atoms with Gasteiger partial charge in [-0.05, 0) is 13.0 Å². The van der Waals surface area contributed by atoms with Crippen molar-refractivity contribution in [3.8, 4) is 5.75 Å². The van der Waals surface area contributed by atoms with Crippen molar-refractivity contribution in [3.05, 3.63) is 35.5 Å². The molecule has 2 aliphatic rings. The summed E-state index contributed by atoms with van der Waals surface area (Å²) in [6, 6.07) is 5.99. The highest BCUT2D eigenvalue weighted by Crippen LogP contribution is 2.44. The molecule has 2 atom stereocenters. The number of aromatic nitrogens is 1. The second kappa shape index (κ2) is 5.42. The first-order chi connectivity index (χ1) is 12.3. The van der Waals surface area contributed by atoms with Gasteiger partial charge in [-0.1, -0.05) is 18.2 Å². The van der Waals surface area contributed by atoms with Gasteiger partial charge in [0.15, 0.2) is 11.5 Å². The molecular weight excluding hydrogens is 340 g/mol. The number of aryl methyl sites for hydroxylation is 1. The number of hydrogen-bond acceptors (Lipinski definition) is 5. The Morgan fingerprint density at radius 2 is 2.04 bits per heavy atom. The monoisotopic (exact) mass is 356 g/mol. The van der Waals surface area contributed by atoms with E-state index in [9.17, 15) is 24.6 Å². The summed E-state index contributed by atoms with van der Waals surface area (Å²) in [6.07, 6.45) is -1.49. The average Bonchev–Trinajstić information content (AvgIpc) is 2.94. The minimum atomic E-state index is -1.34. The van der Waals surface area contributed by atoms with E-state index < -0.39 is 23.7 Å². The molecule has 1 aromatic carbocycles. The predicted molar refractivity (Wildman–Crippen MR) is 89.6 cm³/mol. The molecule has 0 radical (unpaired) electrons. The fourth-order valence-electron chi connectivity index (χ4n) is 3.92. The van der Waals surface area contributed by atoms with Crippen LogP contribution in [-0.4, -0.2) is 56.1 Å². The Bertz CT molecular complexity index is 948. The van der Waals surface area contributed by atoms with Gasteiger partial charge >= 0.3 is 12.1 Å². The lowest BCUT2D eigenvalue weighted by Crippen LogP contribution is -2.45. The summed E-state index contributed by atoms with van der Waals surface area (Å²) in [6.45, 7) is 1.55. The Morgan fingerprint density at radius 3 is 2.69 bits per heavy atom. The minimum absolute atomic E-state index is 0.0684. The second-order valence-electron chi connectivity index (χ2n) is 6.77. The van der Waals surface area contributed by atoms with Gasteiger partial charge in [0.25, 0.3) is 0 Å². The van der Waals surface area contributed by atoms with Crippen LogP contribution in [0, 0.1) is 6.92 Å². The molecule has 0 saturated carbocycles. The molecule has 2 N–H and O–H groups in total. The summed E-state index contributed by atoms with van der Waals surface area (Å²) in [7, 11) is 0. The van der Waals surface area contributed by atoms with Crippen LogP contribution in [0.4, 0.5) is 4.79 Å². The van der Waals surface area contributed by atoms with Crippen molar-refractivity contribution in [1.82, 2.24) is 9.88 Å². The van der Waals surface area contributed by atoms with Crippen molar-refractivity contribution in [2.45, 2.75) is 31.4 Å². The maximum atomic E-state index is 12.9. The SMILES string of the molecule is Cc1nc2ccccc2c2c1OC1(CC2=O)C[C@@H](C(=O)O)N(C(=O)O)C1. The first kappa shape index (κ1) is 16.3. The van der Waals surface area contributed by atoms with Gasteiger partial charge in [-0.25, -0.2) is 14.6 Å². The summed E-state index contributed by atoms with van der Waals surface area (Å²) in [5.41, 5.74) is 0.449. The van der Waals surface area contributed by atoms with E-state index in [1.54, 1.807) is 19.1 Å². The van der Waals surface area contributed by atoms with Gasteiger partial charge in [-0.2, -0.15) is 0 Å². The number of pyridine rings is 1. The summed E-state index contributed by atoms with van der Waals surface area (Å²) in [5.74, 6) is -1.12. The Balaban J connectivity index is 1.82. The number of likely N-dealkylation sites (tertiary alicyclic amines) is 1. The number of ketones is 1. The van der Waals surface area contributed by atoms with Gasteiger partial charge in [-0.3, -0.25) is 9.69 Å². The number of benzene rings is 1. The zero-order valence-electron chi connectivity index (χ0n) is 13.9. The highest BCUT2D eigenvalue weighted by molar-refractivity contribution is 6.11. The number of Topliss-reactive ketones (excluding diaryl/α,β-unsaturated/α-hetero) is 1. The van der Waals surface area contributed by atoms with Crippen LogP contribution in [0.15, 0.2) is 24.3 Å². The van der Waals surface area contributed by atoms with E-state index >= 15 is 0 Å². The molecule has 1 saturated heterocycles. The van der Waals surface area contributed by atoms with Crippen molar-refractivity contribution in [2.24, 2.45) is 0 Å². The van der Waals surface area contributed by atoms with Crippen molar-refractivity contribution < 1.29 is 29.3 Å². The number of amides is 1. The maximum absolute atomic E-state index is 12.9. The number of ether oxygens (including phenoxy) is 1. The topological polar surface area (TPSA) is 117 Å². The van der Waals surface area contributed by atoms with Crippen molar-refractivity contribution in [3.63, 3.8) is 0 Å². The van der Waals surface area contributed by atoms with E-state index in [4.69, 9.17) is 4.74 Å². The lowest BCUT2D eigenvalue weighted by Gasteiger charge is -2.35. The second-order valence-corrected chi connectivity index (χ2v) is 6.77. The van der Waals surface area contributed by atoms with Gasteiger partial charge in [-0.15, -0.1) is 0 Å². The Labute approximate surface area is 148 Å². The summed E-state index contributed by atoms with van der Waals surface area (Å²) < 4.78 is 6.10. The summed E-state index contributed by atoms with van der Waals surface area (Å²) in [4.78, 5) is 41.1. The molecule has 8 heteroatoms. The molecule has 3 heterocycles. The number of carboxylic acids is 1. The van der Waals surface area contributed by atoms with Crippen LogP contribution in [0.1, 0.15) is 28.9 Å². The van der Waals surface area contributed by atoms with E-state index in [1.807, 2.05) is 12.1 Å². The third-order valence-corrected chi connectivity index (χ3v) is 5.03. The molecule has 4 rings (SSSR count). The van der Waals surface area contributed by atoms with Crippen molar-refractivity contribution >= 4 is 28.7 Å². The molecule has 1 amide bonds. The number of para-hydroxylation sites is 1. The van der Waals surface area contributed by atoms with E-state index in [1.165, 1.54) is 0 Å². The number of fused-ring (bicyclic) bond motifs is 3. The molecule has 0 aliphatic carbocycles. The van der Waals surface area contributed by atoms with E-state index in [2.05, 4.69) is 4.98 Å². The first-order valence-corrected chi connectivity index (χ1v) is 8.15. The third-order valence-electron chi connectivity index (χ3n) is 5.03. The number of nitrogens with zero attached hydrogens (tertiary/aromatic N) is 2. The normalized spacial score (nSPS) is 24.6. The zero-order chi connectivity index (χ0) is 18.6. The number of hydrogen-bond donors (Lipinski definition) is 2. The Kier molecular flexibility index (Phi) is 3.40. The molecule has 26 heavy (non-hydrogen) atoms. The summed E-state index contributed by atoms with van der Waals surface area (Å²) >= 11 is 0. The smallest absolute Gasteiger partial charge is 0.408 e. The fourth-order valence-corrected chi connectivity index (χ4v) is 3.92. The molecule has 0 bridgehead atoms. The average molecular weight is 356 g/mol. The maximum Gasteiger partial charge on any atom is 0.408 e. The number of carboxylic acid groups (broad SMARTS) is 2. The van der Waals surface area contributed by atoms with E-state index in [0.717, 1.165) is 4.90 Å². The number of aliphatic carboxylic acids is 1. The minimum Gasteiger partial charge on any atom is -0.482 e. The molecule has 1 spiro atoms. The standard InChI is InChI=1S/C18H16N2O6/c1-9-15-14(10-4-2-3-5-11(10)19-9)13(21)7-18(26-15)6-12(16(22)23)20(8-18)17(24)25/h2-5,12H,6-8H2,1H3,(H,22,23)(H,24,25)/t12-,18?/m0/s1. The largest absolute Gasteiger partial charge is 0.482 e. The Morgan fingerprint density at radius 1 is 1.31 bits per heavy atom.